The van der Waals surface area contributed by atoms with Gasteiger partial charge in [0, 0.05) is 11.5 Å². The van der Waals surface area contributed by atoms with Gasteiger partial charge in [-0.15, -0.1) is 0 Å². The molecule has 0 amide bonds. The molecule has 0 N–H and O–H groups in total. The molecule has 0 aliphatic heterocycles. The second-order valence-electron chi connectivity index (χ2n) is 7.38. The molecule has 0 radical (unpaired) electrons. The summed E-state index contributed by atoms with van der Waals surface area (Å²) in [4.78, 5) is 37.5. The van der Waals surface area contributed by atoms with E-state index < -0.39 is 11.6 Å². The molecule has 0 aliphatic carbocycles. The number of rotatable bonds is 4. The number of benzene rings is 3. The highest BCUT2D eigenvalue weighted by Gasteiger charge is 2.17. The highest BCUT2D eigenvalue weighted by Crippen LogP contribution is 2.25. The third-order valence-electron chi connectivity index (χ3n) is 5.04. The van der Waals surface area contributed by atoms with Crippen molar-refractivity contribution in [2.75, 3.05) is 0 Å². The minimum atomic E-state index is -0.879. The van der Waals surface area contributed by atoms with Crippen molar-refractivity contribution < 1.29 is 23.1 Å². The first-order valence-corrected chi connectivity index (χ1v) is 10.0. The maximum absolute atomic E-state index is 12.8. The summed E-state index contributed by atoms with van der Waals surface area (Å²) in [5.74, 6) is -0.233. The van der Waals surface area contributed by atoms with Crippen LogP contribution < -0.4 is 20.5 Å². The Bertz CT molecular complexity index is 1630. The molecule has 0 fully saturated rings. The van der Waals surface area contributed by atoms with Crippen molar-refractivity contribution >= 4 is 27.9 Å². The van der Waals surface area contributed by atoms with Gasteiger partial charge in [-0.05, 0) is 43.3 Å². The monoisotopic (exact) mass is 440 g/mol. The quantitative estimate of drug-likeness (QED) is 0.215. The first-order chi connectivity index (χ1) is 16.0. The number of carbonyl (C=O) groups is 1. The average molecular weight is 440 g/mol. The zero-order valence-corrected chi connectivity index (χ0v) is 17.4. The van der Waals surface area contributed by atoms with E-state index in [0.717, 1.165) is 5.56 Å². The lowest BCUT2D eigenvalue weighted by Gasteiger charge is -2.07. The van der Waals surface area contributed by atoms with E-state index in [1.807, 2.05) is 19.1 Å². The number of hydrogen-bond acceptors (Lipinski definition) is 7. The average Bonchev–Trinajstić information content (AvgIpc) is 2.82. The summed E-state index contributed by atoms with van der Waals surface area (Å²) < 4.78 is 21.7. The van der Waals surface area contributed by atoms with Crippen molar-refractivity contribution in [1.29, 1.82) is 0 Å². The third kappa shape index (κ3) is 3.99. The number of para-hydroxylation sites is 1. The van der Waals surface area contributed by atoms with Crippen molar-refractivity contribution in [3.63, 3.8) is 0 Å². The minimum Gasteiger partial charge on any atom is -0.460 e. The normalized spacial score (nSPS) is 10.9. The van der Waals surface area contributed by atoms with Crippen LogP contribution in [-0.4, -0.2) is 5.97 Å². The van der Waals surface area contributed by atoms with Gasteiger partial charge < -0.3 is 18.3 Å². The van der Waals surface area contributed by atoms with Crippen LogP contribution in [0.25, 0.3) is 21.9 Å². The fourth-order valence-corrected chi connectivity index (χ4v) is 3.32. The van der Waals surface area contributed by atoms with Crippen molar-refractivity contribution in [2.45, 2.75) is 6.92 Å². The summed E-state index contributed by atoms with van der Waals surface area (Å²) in [6, 6.07) is 19.8. The highest BCUT2D eigenvalue weighted by molar-refractivity contribution is 5.94. The lowest BCUT2D eigenvalue weighted by atomic mass is 10.2. The zero-order valence-electron chi connectivity index (χ0n) is 17.4. The Labute approximate surface area is 186 Å². The molecular weight excluding hydrogens is 424 g/mol. The van der Waals surface area contributed by atoms with E-state index in [1.165, 1.54) is 30.5 Å². The van der Waals surface area contributed by atoms with Crippen molar-refractivity contribution in [3.05, 3.63) is 111 Å². The number of carbonyl (C=O) groups excluding carboxylic acids is 1. The van der Waals surface area contributed by atoms with Gasteiger partial charge in [-0.2, -0.15) is 0 Å². The molecule has 0 saturated carbocycles. The van der Waals surface area contributed by atoms with Crippen LogP contribution in [0.1, 0.15) is 15.9 Å². The molecule has 0 saturated heterocycles. The Balaban J connectivity index is 1.42. The van der Waals surface area contributed by atoms with E-state index in [1.54, 1.807) is 36.4 Å². The second kappa shape index (κ2) is 8.12. The molecule has 162 valence electrons. The Morgan fingerprint density at radius 3 is 2.42 bits per heavy atom. The Hall–Kier alpha value is -4.65. The molecule has 5 rings (SSSR count). The fraction of sp³-hybridized carbons (Fsp3) is 0.0385. The van der Waals surface area contributed by atoms with Gasteiger partial charge in [0.1, 0.15) is 34.5 Å². The maximum Gasteiger partial charge on any atom is 0.351 e. The van der Waals surface area contributed by atoms with Crippen LogP contribution in [0.5, 0.6) is 17.2 Å². The molecule has 2 heterocycles. The molecular formula is C26H16O7. The van der Waals surface area contributed by atoms with Crippen LogP contribution in [0.15, 0.2) is 97.5 Å². The fourth-order valence-electron chi connectivity index (χ4n) is 3.32. The number of fused-ring (bicyclic) bond motifs is 2. The third-order valence-corrected chi connectivity index (χ3v) is 5.04. The molecule has 0 bridgehead atoms. The molecule has 7 nitrogen and oxygen atoms in total. The van der Waals surface area contributed by atoms with Crippen molar-refractivity contribution in [3.8, 4) is 17.2 Å². The van der Waals surface area contributed by atoms with Gasteiger partial charge in [0.05, 0.1) is 5.39 Å². The molecule has 2 aromatic heterocycles. The van der Waals surface area contributed by atoms with Gasteiger partial charge in [0.2, 0.25) is 11.2 Å². The summed E-state index contributed by atoms with van der Waals surface area (Å²) >= 11 is 0. The molecule has 0 aliphatic rings. The first-order valence-electron chi connectivity index (χ1n) is 10.0. The standard InChI is InChI=1S/C26H16O7/c1-15-6-8-17(9-7-15)31-23-14-30-22-13-18(10-11-19(22)24(23)27)32-25(28)20-12-16-4-2-3-5-21(16)33-26(20)29/h2-14H,1H3. The largest absolute Gasteiger partial charge is 0.460 e. The van der Waals surface area contributed by atoms with Crippen molar-refractivity contribution in [1.82, 2.24) is 0 Å². The summed E-state index contributed by atoms with van der Waals surface area (Å²) in [6.07, 6.45) is 1.20. The smallest absolute Gasteiger partial charge is 0.351 e. The summed E-state index contributed by atoms with van der Waals surface area (Å²) in [5, 5.41) is 0.847. The van der Waals surface area contributed by atoms with Gasteiger partial charge >= 0.3 is 11.6 Å². The number of hydrogen-bond donors (Lipinski definition) is 0. The van der Waals surface area contributed by atoms with Gasteiger partial charge in [-0.25, -0.2) is 9.59 Å². The zero-order chi connectivity index (χ0) is 22.9. The molecule has 0 spiro atoms. The van der Waals surface area contributed by atoms with Crippen LogP contribution in [-0.2, 0) is 0 Å². The predicted molar refractivity (Wildman–Crippen MR) is 121 cm³/mol. The van der Waals surface area contributed by atoms with Gasteiger partial charge in [-0.1, -0.05) is 35.9 Å². The van der Waals surface area contributed by atoms with E-state index in [0.29, 0.717) is 16.7 Å². The molecule has 33 heavy (non-hydrogen) atoms. The Kier molecular flexibility index (Phi) is 4.99. The minimum absolute atomic E-state index is 0.0323. The van der Waals surface area contributed by atoms with Crippen LogP contribution in [0, 0.1) is 6.92 Å². The van der Waals surface area contributed by atoms with Crippen LogP contribution in [0.3, 0.4) is 0 Å². The topological polar surface area (TPSA) is 95.9 Å². The first kappa shape index (κ1) is 20.3. The van der Waals surface area contributed by atoms with Gasteiger partial charge in [0.25, 0.3) is 0 Å². The van der Waals surface area contributed by atoms with Gasteiger partial charge in [-0.3, -0.25) is 4.79 Å². The van der Waals surface area contributed by atoms with Crippen LogP contribution in [0.4, 0.5) is 0 Å². The lowest BCUT2D eigenvalue weighted by Crippen LogP contribution is -2.18. The van der Waals surface area contributed by atoms with E-state index in [9.17, 15) is 14.4 Å². The Morgan fingerprint density at radius 2 is 1.61 bits per heavy atom. The number of ether oxygens (including phenoxy) is 2. The predicted octanol–water partition coefficient (Wildman–Crippen LogP) is 5.22. The summed E-state index contributed by atoms with van der Waals surface area (Å²) in [6.45, 7) is 1.95. The van der Waals surface area contributed by atoms with E-state index in [2.05, 4.69) is 0 Å². The van der Waals surface area contributed by atoms with Crippen molar-refractivity contribution in [2.24, 2.45) is 0 Å². The van der Waals surface area contributed by atoms with Crippen LogP contribution >= 0.6 is 0 Å². The molecule has 7 heteroatoms. The second-order valence-corrected chi connectivity index (χ2v) is 7.38. The highest BCUT2D eigenvalue weighted by atomic mass is 16.5. The molecule has 5 aromatic rings. The van der Waals surface area contributed by atoms with Crippen LogP contribution in [0.2, 0.25) is 0 Å². The Morgan fingerprint density at radius 1 is 0.848 bits per heavy atom. The molecule has 0 atom stereocenters. The maximum atomic E-state index is 12.8. The van der Waals surface area contributed by atoms with E-state index >= 15 is 0 Å². The van der Waals surface area contributed by atoms with E-state index in [4.69, 9.17) is 18.3 Å². The lowest BCUT2D eigenvalue weighted by molar-refractivity contribution is 0.0730. The molecule has 3 aromatic carbocycles. The molecule has 0 unspecified atom stereocenters. The summed E-state index contributed by atoms with van der Waals surface area (Å²) in [7, 11) is 0. The number of aryl methyl sites for hydroxylation is 1. The van der Waals surface area contributed by atoms with Gasteiger partial charge in [0.15, 0.2) is 0 Å². The summed E-state index contributed by atoms with van der Waals surface area (Å²) in [5.41, 5.74) is 0.226. The number of esters is 1. The SMILES string of the molecule is Cc1ccc(Oc2coc3cc(OC(=O)c4cc5ccccc5oc4=O)ccc3c2=O)cc1. The van der Waals surface area contributed by atoms with E-state index in [-0.39, 0.29) is 33.5 Å².